The standard InChI is InChI=1S/C19H22N4O2/c1-15-22-9-11-23(15)17-4-6-18(7-5-17)25-12-10-21-14-19(24)16-3-2-8-20-13-16/h2-9,11,13,19,21,24H,10,12,14H2,1H3/t19-/m0/s1. The van der Waals surface area contributed by atoms with Gasteiger partial charge in [-0.2, -0.15) is 0 Å². The molecule has 0 aliphatic rings. The summed E-state index contributed by atoms with van der Waals surface area (Å²) in [6.07, 6.45) is 6.52. The predicted molar refractivity (Wildman–Crippen MR) is 95.9 cm³/mol. The zero-order valence-corrected chi connectivity index (χ0v) is 14.2. The number of benzene rings is 1. The quantitative estimate of drug-likeness (QED) is 0.617. The average molecular weight is 338 g/mol. The first-order valence-electron chi connectivity index (χ1n) is 8.26. The van der Waals surface area contributed by atoms with E-state index >= 15 is 0 Å². The summed E-state index contributed by atoms with van der Waals surface area (Å²) in [5, 5.41) is 13.2. The highest BCUT2D eigenvalue weighted by atomic mass is 16.5. The number of ether oxygens (including phenoxy) is 1. The van der Waals surface area contributed by atoms with Gasteiger partial charge in [-0.05, 0) is 37.3 Å². The van der Waals surface area contributed by atoms with Crippen LogP contribution in [0, 0.1) is 6.92 Å². The molecule has 1 atom stereocenters. The van der Waals surface area contributed by atoms with Crippen LogP contribution >= 0.6 is 0 Å². The second-order valence-electron chi connectivity index (χ2n) is 5.69. The molecule has 0 aliphatic carbocycles. The van der Waals surface area contributed by atoms with E-state index in [2.05, 4.69) is 15.3 Å². The first-order chi connectivity index (χ1) is 12.2. The Labute approximate surface area is 147 Å². The lowest BCUT2D eigenvalue weighted by Crippen LogP contribution is -2.26. The monoisotopic (exact) mass is 338 g/mol. The molecule has 2 aromatic heterocycles. The fourth-order valence-electron chi connectivity index (χ4n) is 2.52. The van der Waals surface area contributed by atoms with E-state index in [4.69, 9.17) is 4.74 Å². The molecule has 0 radical (unpaired) electrons. The SMILES string of the molecule is Cc1nccn1-c1ccc(OCCNC[C@H](O)c2cccnc2)cc1. The minimum absolute atomic E-state index is 0.466. The zero-order chi connectivity index (χ0) is 17.5. The van der Waals surface area contributed by atoms with E-state index in [0.29, 0.717) is 19.7 Å². The molecule has 3 aromatic rings. The third kappa shape index (κ3) is 4.65. The minimum atomic E-state index is -0.564. The summed E-state index contributed by atoms with van der Waals surface area (Å²) in [5.74, 6) is 1.76. The van der Waals surface area contributed by atoms with E-state index in [-0.39, 0.29) is 0 Å². The van der Waals surface area contributed by atoms with Crippen LogP contribution in [0.3, 0.4) is 0 Å². The lowest BCUT2D eigenvalue weighted by atomic mass is 10.1. The molecule has 130 valence electrons. The minimum Gasteiger partial charge on any atom is -0.492 e. The fourth-order valence-corrected chi connectivity index (χ4v) is 2.52. The maximum absolute atomic E-state index is 10.0. The Morgan fingerprint density at radius 2 is 2.04 bits per heavy atom. The highest BCUT2D eigenvalue weighted by Gasteiger charge is 2.06. The zero-order valence-electron chi connectivity index (χ0n) is 14.2. The molecule has 0 spiro atoms. The number of aliphatic hydroxyl groups is 1. The lowest BCUT2D eigenvalue weighted by Gasteiger charge is -2.12. The molecular weight excluding hydrogens is 316 g/mol. The van der Waals surface area contributed by atoms with E-state index in [1.165, 1.54) is 0 Å². The number of hydrogen-bond acceptors (Lipinski definition) is 5. The molecule has 0 saturated heterocycles. The van der Waals surface area contributed by atoms with Crippen molar-refractivity contribution in [2.45, 2.75) is 13.0 Å². The van der Waals surface area contributed by atoms with Crippen LogP contribution in [0.4, 0.5) is 0 Å². The summed E-state index contributed by atoms with van der Waals surface area (Å²) < 4.78 is 7.73. The van der Waals surface area contributed by atoms with Gasteiger partial charge in [0.15, 0.2) is 0 Å². The average Bonchev–Trinajstić information content (AvgIpc) is 3.08. The number of rotatable bonds is 8. The number of nitrogens with one attached hydrogen (secondary N) is 1. The maximum Gasteiger partial charge on any atom is 0.119 e. The van der Waals surface area contributed by atoms with Crippen LogP contribution in [-0.4, -0.2) is 39.3 Å². The lowest BCUT2D eigenvalue weighted by molar-refractivity contribution is 0.171. The van der Waals surface area contributed by atoms with Crippen molar-refractivity contribution < 1.29 is 9.84 Å². The molecule has 0 unspecified atom stereocenters. The summed E-state index contributed by atoms with van der Waals surface area (Å²) in [4.78, 5) is 8.22. The molecule has 25 heavy (non-hydrogen) atoms. The number of aliphatic hydroxyl groups excluding tert-OH is 1. The van der Waals surface area contributed by atoms with Gasteiger partial charge in [-0.3, -0.25) is 4.98 Å². The molecule has 6 nitrogen and oxygen atoms in total. The Morgan fingerprint density at radius 1 is 1.20 bits per heavy atom. The van der Waals surface area contributed by atoms with Gasteiger partial charge in [0.25, 0.3) is 0 Å². The van der Waals surface area contributed by atoms with E-state index in [1.54, 1.807) is 18.6 Å². The summed E-state index contributed by atoms with van der Waals surface area (Å²) in [7, 11) is 0. The summed E-state index contributed by atoms with van der Waals surface area (Å²) in [5.41, 5.74) is 1.86. The Bertz CT molecular complexity index is 772. The van der Waals surface area contributed by atoms with E-state index in [9.17, 15) is 5.11 Å². The van der Waals surface area contributed by atoms with Gasteiger partial charge in [-0.15, -0.1) is 0 Å². The van der Waals surface area contributed by atoms with Crippen LogP contribution in [0.15, 0.2) is 61.2 Å². The van der Waals surface area contributed by atoms with Crippen molar-refractivity contribution in [2.24, 2.45) is 0 Å². The van der Waals surface area contributed by atoms with Gasteiger partial charge in [-0.1, -0.05) is 6.07 Å². The first-order valence-corrected chi connectivity index (χ1v) is 8.26. The van der Waals surface area contributed by atoms with Crippen LogP contribution in [-0.2, 0) is 0 Å². The normalized spacial score (nSPS) is 12.1. The largest absolute Gasteiger partial charge is 0.492 e. The van der Waals surface area contributed by atoms with Gasteiger partial charge in [0, 0.05) is 49.1 Å². The Balaban J connectivity index is 1.40. The van der Waals surface area contributed by atoms with Crippen LogP contribution in [0.5, 0.6) is 5.75 Å². The van der Waals surface area contributed by atoms with Crippen molar-refractivity contribution in [2.75, 3.05) is 19.7 Å². The van der Waals surface area contributed by atoms with Crippen molar-refractivity contribution in [1.82, 2.24) is 19.9 Å². The second-order valence-corrected chi connectivity index (χ2v) is 5.69. The molecule has 0 aliphatic heterocycles. The van der Waals surface area contributed by atoms with E-state index in [0.717, 1.165) is 22.8 Å². The number of aryl methyl sites for hydroxylation is 1. The number of imidazole rings is 1. The third-order valence-electron chi connectivity index (χ3n) is 3.90. The summed E-state index contributed by atoms with van der Waals surface area (Å²) in [6.45, 7) is 3.62. The van der Waals surface area contributed by atoms with Gasteiger partial charge < -0.3 is 19.7 Å². The second kappa shape index (κ2) is 8.41. The smallest absolute Gasteiger partial charge is 0.119 e. The van der Waals surface area contributed by atoms with Crippen molar-refractivity contribution >= 4 is 0 Å². The number of nitrogens with zero attached hydrogens (tertiary/aromatic N) is 3. The van der Waals surface area contributed by atoms with Crippen molar-refractivity contribution in [1.29, 1.82) is 0 Å². The Morgan fingerprint density at radius 3 is 2.72 bits per heavy atom. The van der Waals surface area contributed by atoms with Crippen molar-refractivity contribution in [3.63, 3.8) is 0 Å². The van der Waals surface area contributed by atoms with Crippen LogP contribution in [0.25, 0.3) is 5.69 Å². The Kier molecular flexibility index (Phi) is 5.77. The summed E-state index contributed by atoms with van der Waals surface area (Å²) >= 11 is 0. The highest BCUT2D eigenvalue weighted by molar-refractivity contribution is 5.38. The number of hydrogen-bond donors (Lipinski definition) is 2. The Hall–Kier alpha value is -2.70. The first kappa shape index (κ1) is 17.1. The van der Waals surface area contributed by atoms with Crippen LogP contribution in [0.1, 0.15) is 17.5 Å². The summed E-state index contributed by atoms with van der Waals surface area (Å²) in [6, 6.07) is 11.6. The molecule has 0 fully saturated rings. The molecule has 1 aromatic carbocycles. The van der Waals surface area contributed by atoms with Gasteiger partial charge in [0.05, 0.1) is 6.10 Å². The molecule has 2 heterocycles. The maximum atomic E-state index is 10.0. The van der Waals surface area contributed by atoms with Crippen LogP contribution < -0.4 is 10.1 Å². The molecule has 3 rings (SSSR count). The highest BCUT2D eigenvalue weighted by Crippen LogP contribution is 2.16. The molecule has 0 amide bonds. The van der Waals surface area contributed by atoms with Gasteiger partial charge in [0.2, 0.25) is 0 Å². The van der Waals surface area contributed by atoms with Crippen molar-refractivity contribution in [3.8, 4) is 11.4 Å². The fraction of sp³-hybridized carbons (Fsp3) is 0.263. The molecule has 6 heteroatoms. The van der Waals surface area contributed by atoms with Gasteiger partial charge in [0.1, 0.15) is 18.2 Å². The van der Waals surface area contributed by atoms with Crippen LogP contribution in [0.2, 0.25) is 0 Å². The van der Waals surface area contributed by atoms with E-state index in [1.807, 2.05) is 54.1 Å². The number of aromatic nitrogens is 3. The van der Waals surface area contributed by atoms with Gasteiger partial charge in [-0.25, -0.2) is 4.98 Å². The molecule has 0 bridgehead atoms. The number of pyridine rings is 1. The van der Waals surface area contributed by atoms with E-state index < -0.39 is 6.10 Å². The van der Waals surface area contributed by atoms with Gasteiger partial charge >= 0.3 is 0 Å². The molecule has 0 saturated carbocycles. The molecular formula is C19H22N4O2. The topological polar surface area (TPSA) is 72.2 Å². The van der Waals surface area contributed by atoms with Crippen molar-refractivity contribution in [3.05, 3.63) is 72.6 Å². The predicted octanol–water partition coefficient (Wildman–Crippen LogP) is 2.28. The third-order valence-corrected chi connectivity index (χ3v) is 3.90. The molecule has 2 N–H and O–H groups in total.